The van der Waals surface area contributed by atoms with Crippen molar-refractivity contribution < 1.29 is 26.4 Å². The summed E-state index contributed by atoms with van der Waals surface area (Å²) in [7, 11) is -4.05. The third-order valence-corrected chi connectivity index (χ3v) is 8.80. The van der Waals surface area contributed by atoms with Gasteiger partial charge in [0.15, 0.2) is 0 Å². The minimum atomic E-state index is -4.54. The minimum absolute atomic E-state index is 0.0553. The highest BCUT2D eigenvalue weighted by molar-refractivity contribution is 7.92. The molecule has 0 atom stereocenters. The van der Waals surface area contributed by atoms with Gasteiger partial charge in [0.2, 0.25) is 5.91 Å². The van der Waals surface area contributed by atoms with Crippen molar-refractivity contribution in [2.75, 3.05) is 10.0 Å². The van der Waals surface area contributed by atoms with Crippen LogP contribution in [0.5, 0.6) is 0 Å². The zero-order valence-corrected chi connectivity index (χ0v) is 18.7. The van der Waals surface area contributed by atoms with E-state index in [1.807, 2.05) is 0 Å². The van der Waals surface area contributed by atoms with E-state index in [1.54, 1.807) is 12.1 Å². The van der Waals surface area contributed by atoms with Gasteiger partial charge in [-0.2, -0.15) is 13.2 Å². The number of alkyl halides is 3. The lowest BCUT2D eigenvalue weighted by Gasteiger charge is -2.55. The second-order valence-corrected chi connectivity index (χ2v) is 11.5. The van der Waals surface area contributed by atoms with Crippen molar-refractivity contribution in [3.8, 4) is 0 Å². The SMILES string of the molecule is O=C(Nc1ccc(NS(=O)(=O)c2ccc(C(F)(F)F)cc2)cc1)C12CC3CC(CC(C3)C1)C2. The summed E-state index contributed by atoms with van der Waals surface area (Å²) >= 11 is 0. The Bertz CT molecular complexity index is 1120. The van der Waals surface area contributed by atoms with Gasteiger partial charge in [0.1, 0.15) is 0 Å². The Balaban J connectivity index is 1.25. The topological polar surface area (TPSA) is 75.3 Å². The Morgan fingerprint density at radius 3 is 1.79 bits per heavy atom. The minimum Gasteiger partial charge on any atom is -0.326 e. The normalized spacial score (nSPS) is 28.5. The summed E-state index contributed by atoms with van der Waals surface area (Å²) in [6, 6.07) is 9.62. The van der Waals surface area contributed by atoms with Crippen LogP contribution in [0.1, 0.15) is 44.1 Å². The van der Waals surface area contributed by atoms with E-state index < -0.39 is 21.8 Å². The van der Waals surface area contributed by atoms with Gasteiger partial charge in [0.25, 0.3) is 10.0 Å². The Hall–Kier alpha value is -2.55. The molecule has 4 aliphatic rings. The number of benzene rings is 2. The van der Waals surface area contributed by atoms with Gasteiger partial charge >= 0.3 is 6.18 Å². The summed E-state index contributed by atoms with van der Waals surface area (Å²) in [5.41, 5.74) is -0.353. The zero-order chi connectivity index (χ0) is 23.4. The predicted octanol–water partition coefficient (Wildman–Crippen LogP) is 5.66. The van der Waals surface area contributed by atoms with E-state index in [0.29, 0.717) is 23.4 Å². The molecule has 4 fully saturated rings. The summed E-state index contributed by atoms with van der Waals surface area (Å²) in [6.07, 6.45) is 2.08. The predicted molar refractivity (Wildman–Crippen MR) is 118 cm³/mol. The molecule has 176 valence electrons. The van der Waals surface area contributed by atoms with Gasteiger partial charge in [-0.15, -0.1) is 0 Å². The monoisotopic (exact) mass is 478 g/mol. The maximum atomic E-state index is 13.2. The number of sulfonamides is 1. The molecule has 9 heteroatoms. The van der Waals surface area contributed by atoms with Crippen molar-refractivity contribution in [1.29, 1.82) is 0 Å². The van der Waals surface area contributed by atoms with Crippen LogP contribution in [0.25, 0.3) is 0 Å². The lowest BCUT2D eigenvalue weighted by atomic mass is 9.49. The quantitative estimate of drug-likeness (QED) is 0.582. The van der Waals surface area contributed by atoms with Crippen LogP contribution < -0.4 is 10.0 Å². The molecule has 4 saturated carbocycles. The molecule has 0 radical (unpaired) electrons. The molecule has 0 spiro atoms. The molecule has 33 heavy (non-hydrogen) atoms. The Morgan fingerprint density at radius 2 is 1.30 bits per heavy atom. The summed E-state index contributed by atoms with van der Waals surface area (Å²) < 4.78 is 65.5. The summed E-state index contributed by atoms with van der Waals surface area (Å²) in [4.78, 5) is 12.9. The standard InChI is InChI=1S/C24H25F3N2O3S/c25-24(26,27)18-1-7-21(8-2-18)33(31,32)29-20-5-3-19(4-6-20)28-22(30)23-12-15-9-16(13-23)11-17(10-15)14-23/h1-8,15-17,29H,9-14H2,(H,28,30). The number of hydrogen-bond donors (Lipinski definition) is 2. The number of nitrogens with one attached hydrogen (secondary N) is 2. The molecule has 0 aliphatic heterocycles. The number of carbonyl (C=O) groups excluding carboxylic acids is 1. The molecular formula is C24H25F3N2O3S. The Morgan fingerprint density at radius 1 is 0.818 bits per heavy atom. The van der Waals surface area contributed by atoms with Gasteiger partial charge in [-0.3, -0.25) is 9.52 Å². The van der Waals surface area contributed by atoms with E-state index in [9.17, 15) is 26.4 Å². The van der Waals surface area contributed by atoms with E-state index in [-0.39, 0.29) is 21.9 Å². The Labute approximate surface area is 190 Å². The van der Waals surface area contributed by atoms with Crippen molar-refractivity contribution in [3.63, 3.8) is 0 Å². The average molecular weight is 479 g/mol. The molecule has 4 bridgehead atoms. The van der Waals surface area contributed by atoms with Gasteiger partial charge in [-0.05, 0) is 105 Å². The first-order chi connectivity index (χ1) is 15.5. The first-order valence-corrected chi connectivity index (χ1v) is 12.6. The van der Waals surface area contributed by atoms with E-state index in [1.165, 1.54) is 31.4 Å². The number of amides is 1. The van der Waals surface area contributed by atoms with Crippen LogP contribution in [0.3, 0.4) is 0 Å². The molecule has 4 aliphatic carbocycles. The fraction of sp³-hybridized carbons (Fsp3) is 0.458. The molecule has 1 amide bonds. The molecule has 0 heterocycles. The Kier molecular flexibility index (Phi) is 5.23. The fourth-order valence-corrected chi connectivity index (χ4v) is 7.37. The van der Waals surface area contributed by atoms with Crippen LogP contribution in [0.15, 0.2) is 53.4 Å². The van der Waals surface area contributed by atoms with Crippen LogP contribution in [-0.4, -0.2) is 14.3 Å². The second-order valence-electron chi connectivity index (χ2n) is 9.86. The van der Waals surface area contributed by atoms with Gasteiger partial charge in [-0.25, -0.2) is 8.42 Å². The van der Waals surface area contributed by atoms with E-state index in [2.05, 4.69) is 10.0 Å². The summed E-state index contributed by atoms with van der Waals surface area (Å²) in [6.45, 7) is 0. The van der Waals surface area contributed by atoms with Crippen molar-refractivity contribution in [3.05, 3.63) is 54.1 Å². The zero-order valence-electron chi connectivity index (χ0n) is 17.9. The first kappa shape index (κ1) is 22.3. The van der Waals surface area contributed by atoms with Crippen LogP contribution in [0.4, 0.5) is 24.5 Å². The molecule has 6 rings (SSSR count). The molecule has 0 saturated heterocycles. The highest BCUT2D eigenvalue weighted by Gasteiger charge is 2.54. The van der Waals surface area contributed by atoms with Gasteiger partial charge in [-0.1, -0.05) is 0 Å². The number of hydrogen-bond acceptors (Lipinski definition) is 3. The largest absolute Gasteiger partial charge is 0.416 e. The van der Waals surface area contributed by atoms with Gasteiger partial charge in [0, 0.05) is 11.4 Å². The fourth-order valence-electron chi connectivity index (χ4n) is 6.31. The number of halogens is 3. The first-order valence-electron chi connectivity index (χ1n) is 11.1. The van der Waals surface area contributed by atoms with Crippen LogP contribution in [0, 0.1) is 23.2 Å². The molecule has 0 aromatic heterocycles. The number of carbonyl (C=O) groups is 1. The highest BCUT2D eigenvalue weighted by atomic mass is 32.2. The molecule has 2 N–H and O–H groups in total. The van der Waals surface area contributed by atoms with E-state index in [0.717, 1.165) is 43.5 Å². The average Bonchev–Trinajstić information content (AvgIpc) is 2.73. The lowest BCUT2D eigenvalue weighted by Crippen LogP contribution is -2.51. The summed E-state index contributed by atoms with van der Waals surface area (Å²) in [5, 5.41) is 3.02. The van der Waals surface area contributed by atoms with Crippen LogP contribution in [-0.2, 0) is 21.0 Å². The molecule has 2 aromatic carbocycles. The van der Waals surface area contributed by atoms with Crippen molar-refractivity contribution in [2.45, 2.75) is 49.6 Å². The lowest BCUT2D eigenvalue weighted by molar-refractivity contribution is -0.140. The smallest absolute Gasteiger partial charge is 0.326 e. The second kappa shape index (κ2) is 7.75. The summed E-state index contributed by atoms with van der Waals surface area (Å²) in [5.74, 6) is 2.02. The third-order valence-electron chi connectivity index (χ3n) is 7.41. The third kappa shape index (κ3) is 4.35. The number of rotatable bonds is 5. The van der Waals surface area contributed by atoms with Gasteiger partial charge in [0.05, 0.1) is 15.9 Å². The highest BCUT2D eigenvalue weighted by Crippen LogP contribution is 2.60. The van der Waals surface area contributed by atoms with Crippen molar-refractivity contribution >= 4 is 27.3 Å². The van der Waals surface area contributed by atoms with Crippen LogP contribution in [0.2, 0.25) is 0 Å². The molecule has 0 unspecified atom stereocenters. The molecular weight excluding hydrogens is 453 g/mol. The molecule has 2 aromatic rings. The van der Waals surface area contributed by atoms with Crippen molar-refractivity contribution in [2.24, 2.45) is 23.2 Å². The van der Waals surface area contributed by atoms with Gasteiger partial charge < -0.3 is 5.32 Å². The van der Waals surface area contributed by atoms with E-state index in [4.69, 9.17) is 0 Å². The molecule has 5 nitrogen and oxygen atoms in total. The number of anilines is 2. The van der Waals surface area contributed by atoms with Crippen LogP contribution >= 0.6 is 0 Å². The maximum absolute atomic E-state index is 13.2. The van der Waals surface area contributed by atoms with E-state index >= 15 is 0 Å². The maximum Gasteiger partial charge on any atom is 0.416 e. The van der Waals surface area contributed by atoms with Crippen molar-refractivity contribution in [1.82, 2.24) is 0 Å².